The van der Waals surface area contributed by atoms with Gasteiger partial charge in [0.15, 0.2) is 0 Å². The van der Waals surface area contributed by atoms with E-state index in [9.17, 15) is 5.11 Å². The van der Waals surface area contributed by atoms with Crippen molar-refractivity contribution in [3.8, 4) is 0 Å². The zero-order valence-electron chi connectivity index (χ0n) is 11.7. The molecule has 0 amide bonds. The smallest absolute Gasteiger partial charge is 0.0915 e. The first-order valence-corrected chi connectivity index (χ1v) is 7.09. The quantitative estimate of drug-likeness (QED) is 0.754. The Morgan fingerprint density at radius 2 is 1.71 bits per heavy atom. The van der Waals surface area contributed by atoms with Crippen LogP contribution >= 0.6 is 0 Å². The van der Waals surface area contributed by atoms with Gasteiger partial charge < -0.3 is 10.4 Å². The molecule has 3 nitrogen and oxygen atoms in total. The number of aliphatic hydroxyl groups is 1. The fourth-order valence-corrected chi connectivity index (χ4v) is 2.41. The minimum Gasteiger partial charge on any atom is -0.387 e. The van der Waals surface area contributed by atoms with E-state index in [0.717, 1.165) is 12.1 Å². The molecular formula is C18H18N2O. The Bertz CT molecular complexity index is 712. The molecule has 2 aromatic carbocycles. The van der Waals surface area contributed by atoms with E-state index < -0.39 is 6.10 Å². The van der Waals surface area contributed by atoms with Crippen LogP contribution < -0.4 is 5.32 Å². The Kier molecular flexibility index (Phi) is 4.24. The van der Waals surface area contributed by atoms with Crippen molar-refractivity contribution in [2.24, 2.45) is 0 Å². The lowest BCUT2D eigenvalue weighted by Crippen LogP contribution is -2.21. The van der Waals surface area contributed by atoms with Gasteiger partial charge in [0.1, 0.15) is 0 Å². The van der Waals surface area contributed by atoms with Crippen molar-refractivity contribution < 1.29 is 5.11 Å². The fourth-order valence-electron chi connectivity index (χ4n) is 2.41. The van der Waals surface area contributed by atoms with Gasteiger partial charge in [0, 0.05) is 25.5 Å². The number of aromatic nitrogens is 1. The molecule has 0 aliphatic rings. The fraction of sp³-hybridized carbons (Fsp3) is 0.167. The van der Waals surface area contributed by atoms with Crippen molar-refractivity contribution in [1.29, 1.82) is 0 Å². The molecular weight excluding hydrogens is 260 g/mol. The Balaban J connectivity index is 1.59. The van der Waals surface area contributed by atoms with E-state index in [1.54, 1.807) is 12.4 Å². The molecule has 2 N–H and O–H groups in total. The molecule has 106 valence electrons. The van der Waals surface area contributed by atoms with Gasteiger partial charge in [-0.05, 0) is 40.1 Å². The van der Waals surface area contributed by atoms with E-state index >= 15 is 0 Å². The summed E-state index contributed by atoms with van der Waals surface area (Å²) in [7, 11) is 0. The zero-order chi connectivity index (χ0) is 14.5. The minimum atomic E-state index is -0.506. The van der Waals surface area contributed by atoms with Gasteiger partial charge >= 0.3 is 0 Å². The molecule has 0 spiro atoms. The number of aliphatic hydroxyl groups excluding tert-OH is 1. The standard InChI is InChI=1S/C18H18N2O/c21-18(16-7-9-19-10-8-16)13-20-12-14-5-6-15-3-1-2-4-17(15)11-14/h1-11,18,20-21H,12-13H2. The maximum Gasteiger partial charge on any atom is 0.0915 e. The molecule has 0 fully saturated rings. The first kappa shape index (κ1) is 13.7. The highest BCUT2D eigenvalue weighted by Gasteiger charge is 2.06. The van der Waals surface area contributed by atoms with Crippen LogP contribution in [0.2, 0.25) is 0 Å². The predicted molar refractivity (Wildman–Crippen MR) is 84.9 cm³/mol. The number of nitrogens with zero attached hydrogens (tertiary/aromatic N) is 1. The average molecular weight is 278 g/mol. The molecule has 1 aromatic heterocycles. The molecule has 0 saturated carbocycles. The van der Waals surface area contributed by atoms with Crippen LogP contribution in [-0.4, -0.2) is 16.6 Å². The summed E-state index contributed by atoms with van der Waals surface area (Å²) in [5.74, 6) is 0. The summed E-state index contributed by atoms with van der Waals surface area (Å²) in [4.78, 5) is 3.95. The number of benzene rings is 2. The van der Waals surface area contributed by atoms with Crippen molar-refractivity contribution in [2.75, 3.05) is 6.54 Å². The molecule has 3 aromatic rings. The maximum absolute atomic E-state index is 10.1. The molecule has 1 heterocycles. The normalized spacial score (nSPS) is 12.4. The number of rotatable bonds is 5. The summed E-state index contributed by atoms with van der Waals surface area (Å²) >= 11 is 0. The van der Waals surface area contributed by atoms with Crippen LogP contribution in [0, 0.1) is 0 Å². The van der Waals surface area contributed by atoms with Crippen molar-refractivity contribution >= 4 is 10.8 Å². The van der Waals surface area contributed by atoms with Gasteiger partial charge in [0.2, 0.25) is 0 Å². The third-order valence-corrected chi connectivity index (χ3v) is 3.57. The number of fused-ring (bicyclic) bond motifs is 1. The van der Waals surface area contributed by atoms with Gasteiger partial charge in [-0.3, -0.25) is 4.98 Å². The second-order valence-corrected chi connectivity index (χ2v) is 5.11. The van der Waals surface area contributed by atoms with Gasteiger partial charge in [0.25, 0.3) is 0 Å². The summed E-state index contributed by atoms with van der Waals surface area (Å²) in [6, 6.07) is 18.4. The van der Waals surface area contributed by atoms with Crippen molar-refractivity contribution in [3.05, 3.63) is 78.1 Å². The van der Waals surface area contributed by atoms with Gasteiger partial charge in [0.05, 0.1) is 6.10 Å². The SMILES string of the molecule is OC(CNCc1ccc2ccccc2c1)c1ccncc1. The largest absolute Gasteiger partial charge is 0.387 e. The van der Waals surface area contributed by atoms with Crippen LogP contribution in [0.3, 0.4) is 0 Å². The Morgan fingerprint density at radius 1 is 0.952 bits per heavy atom. The molecule has 21 heavy (non-hydrogen) atoms. The van der Waals surface area contributed by atoms with Crippen LogP contribution in [0.15, 0.2) is 67.0 Å². The first-order valence-electron chi connectivity index (χ1n) is 7.09. The summed E-state index contributed by atoms with van der Waals surface area (Å²) in [5, 5.41) is 15.9. The summed E-state index contributed by atoms with van der Waals surface area (Å²) in [6.07, 6.45) is 2.89. The van der Waals surface area contributed by atoms with E-state index in [-0.39, 0.29) is 0 Å². The second-order valence-electron chi connectivity index (χ2n) is 5.11. The molecule has 3 rings (SSSR count). The van der Waals surface area contributed by atoms with Gasteiger partial charge in [-0.2, -0.15) is 0 Å². The van der Waals surface area contributed by atoms with Crippen molar-refractivity contribution in [2.45, 2.75) is 12.6 Å². The number of hydrogen-bond acceptors (Lipinski definition) is 3. The molecule has 0 aliphatic carbocycles. The van der Waals surface area contributed by atoms with E-state index in [1.165, 1.54) is 16.3 Å². The third kappa shape index (κ3) is 3.45. The van der Waals surface area contributed by atoms with Crippen LogP contribution in [0.4, 0.5) is 0 Å². The highest BCUT2D eigenvalue weighted by molar-refractivity contribution is 5.82. The molecule has 0 radical (unpaired) electrons. The summed E-state index contributed by atoms with van der Waals surface area (Å²) in [6.45, 7) is 1.27. The second kappa shape index (κ2) is 6.48. The van der Waals surface area contributed by atoms with E-state index in [1.807, 2.05) is 24.3 Å². The highest BCUT2D eigenvalue weighted by Crippen LogP contribution is 2.16. The summed E-state index contributed by atoms with van der Waals surface area (Å²) < 4.78 is 0. The zero-order valence-corrected chi connectivity index (χ0v) is 11.7. The number of nitrogens with one attached hydrogen (secondary N) is 1. The molecule has 0 saturated heterocycles. The average Bonchev–Trinajstić information content (AvgIpc) is 2.55. The maximum atomic E-state index is 10.1. The Labute approximate surface area is 124 Å². The Morgan fingerprint density at radius 3 is 2.52 bits per heavy atom. The molecule has 1 atom stereocenters. The van der Waals surface area contributed by atoms with E-state index in [4.69, 9.17) is 0 Å². The molecule has 0 aliphatic heterocycles. The number of pyridine rings is 1. The lowest BCUT2D eigenvalue weighted by Gasteiger charge is -2.12. The van der Waals surface area contributed by atoms with Gasteiger partial charge in [-0.1, -0.05) is 36.4 Å². The predicted octanol–water partition coefficient (Wildman–Crippen LogP) is 3.06. The molecule has 0 bridgehead atoms. The highest BCUT2D eigenvalue weighted by atomic mass is 16.3. The first-order chi connectivity index (χ1) is 10.3. The van der Waals surface area contributed by atoms with Gasteiger partial charge in [-0.15, -0.1) is 0 Å². The van der Waals surface area contributed by atoms with E-state index in [2.05, 4.69) is 40.6 Å². The molecule has 1 unspecified atom stereocenters. The lowest BCUT2D eigenvalue weighted by molar-refractivity contribution is 0.174. The van der Waals surface area contributed by atoms with Crippen LogP contribution in [0.5, 0.6) is 0 Å². The Hall–Kier alpha value is -2.23. The summed E-state index contributed by atoms with van der Waals surface area (Å²) in [5.41, 5.74) is 2.10. The van der Waals surface area contributed by atoms with Gasteiger partial charge in [-0.25, -0.2) is 0 Å². The van der Waals surface area contributed by atoms with Crippen LogP contribution in [0.1, 0.15) is 17.2 Å². The topological polar surface area (TPSA) is 45.1 Å². The van der Waals surface area contributed by atoms with Crippen LogP contribution in [0.25, 0.3) is 10.8 Å². The van der Waals surface area contributed by atoms with Crippen molar-refractivity contribution in [1.82, 2.24) is 10.3 Å². The lowest BCUT2D eigenvalue weighted by atomic mass is 10.1. The molecule has 3 heteroatoms. The minimum absolute atomic E-state index is 0.506. The monoisotopic (exact) mass is 278 g/mol. The van der Waals surface area contributed by atoms with Crippen LogP contribution in [-0.2, 0) is 6.54 Å². The number of hydrogen-bond donors (Lipinski definition) is 2. The van der Waals surface area contributed by atoms with E-state index in [0.29, 0.717) is 6.54 Å². The third-order valence-electron chi connectivity index (χ3n) is 3.57. The van der Waals surface area contributed by atoms with Crippen molar-refractivity contribution in [3.63, 3.8) is 0 Å².